The molecular weight excluding hydrogens is 485 g/mol. The third-order valence-corrected chi connectivity index (χ3v) is 4.99. The van der Waals surface area contributed by atoms with E-state index < -0.39 is 6.04 Å². The van der Waals surface area contributed by atoms with Crippen LogP contribution in [0.5, 0.6) is 0 Å². The minimum Gasteiger partial charge on any atom is -0.379 e. The Morgan fingerprint density at radius 3 is 1.82 bits per heavy atom. The maximum Gasteiger partial charge on any atom is 0.237 e. The van der Waals surface area contributed by atoms with Crippen molar-refractivity contribution in [1.82, 2.24) is 10.6 Å². The van der Waals surface area contributed by atoms with Gasteiger partial charge in [-0.05, 0) is 18.3 Å². The molecule has 0 spiro atoms. The number of halogens is 2. The molecule has 34 heavy (non-hydrogen) atoms. The molecule has 0 aliphatic rings. The van der Waals surface area contributed by atoms with E-state index in [-0.39, 0.29) is 36.1 Å². The van der Waals surface area contributed by atoms with Gasteiger partial charge in [0, 0.05) is 32.0 Å². The van der Waals surface area contributed by atoms with Crippen LogP contribution in [0.4, 0.5) is 0 Å². The number of hydrogen-bond donors (Lipinski definition) is 3. The van der Waals surface area contributed by atoms with Crippen molar-refractivity contribution in [2.24, 2.45) is 11.1 Å². The predicted molar refractivity (Wildman–Crippen MR) is 138 cm³/mol. The third-order valence-electron chi connectivity index (χ3n) is 4.72. The first-order valence-corrected chi connectivity index (χ1v) is 12.5. The number of ether oxygens (including phenoxy) is 4. The summed E-state index contributed by atoms with van der Waals surface area (Å²) in [6.07, 6.45) is 4.69. The average molecular weight is 533 g/mol. The lowest BCUT2D eigenvalue weighted by atomic mass is 9.87. The number of unbranched alkanes of at least 4 members (excludes halogenated alkanes) is 3. The summed E-state index contributed by atoms with van der Waals surface area (Å²) in [6.45, 7) is 10.4. The SMILES string of the molecule is CC(C)(C)[C@H](N)C(=O)NCCOCCOCCC(=O)NCCOCCOCCCCCCCl.Cl. The summed E-state index contributed by atoms with van der Waals surface area (Å²) in [5.41, 5.74) is 5.60. The molecule has 0 heterocycles. The third kappa shape index (κ3) is 23.1. The smallest absolute Gasteiger partial charge is 0.237 e. The summed E-state index contributed by atoms with van der Waals surface area (Å²) < 4.78 is 21.7. The fourth-order valence-electron chi connectivity index (χ4n) is 2.56. The summed E-state index contributed by atoms with van der Waals surface area (Å²) in [7, 11) is 0. The Hall–Kier alpha value is -0.680. The largest absolute Gasteiger partial charge is 0.379 e. The monoisotopic (exact) mass is 531 g/mol. The van der Waals surface area contributed by atoms with E-state index in [2.05, 4.69) is 10.6 Å². The molecule has 1 atom stereocenters. The van der Waals surface area contributed by atoms with Crippen molar-refractivity contribution in [1.29, 1.82) is 0 Å². The first-order valence-electron chi connectivity index (χ1n) is 12.0. The highest BCUT2D eigenvalue weighted by Gasteiger charge is 2.26. The van der Waals surface area contributed by atoms with Crippen LogP contribution in [-0.2, 0) is 28.5 Å². The summed E-state index contributed by atoms with van der Waals surface area (Å²) >= 11 is 5.63. The van der Waals surface area contributed by atoms with E-state index >= 15 is 0 Å². The van der Waals surface area contributed by atoms with E-state index in [0.29, 0.717) is 59.3 Å². The van der Waals surface area contributed by atoms with Gasteiger partial charge in [-0.2, -0.15) is 0 Å². The molecule has 11 heteroatoms. The lowest BCUT2D eigenvalue weighted by Gasteiger charge is -2.25. The molecular formula is C23H47Cl2N3O6. The van der Waals surface area contributed by atoms with Crippen molar-refractivity contribution in [3.8, 4) is 0 Å². The topological polar surface area (TPSA) is 121 Å². The first-order chi connectivity index (χ1) is 15.8. The Kier molecular flexibility index (Phi) is 25.1. The van der Waals surface area contributed by atoms with Gasteiger partial charge in [0.15, 0.2) is 0 Å². The fourth-order valence-corrected chi connectivity index (χ4v) is 2.75. The number of nitrogens with two attached hydrogens (primary N) is 1. The standard InChI is InChI=1S/C23H46ClN3O6.ClH/c1-23(2,3)21(25)22(29)27-11-15-33-19-17-31-13-8-20(28)26-10-14-32-18-16-30-12-7-5-4-6-9-24;/h21H,4-19,25H2,1-3H3,(H,26,28)(H,27,29);1H/t21-;/m1./s1. The van der Waals surface area contributed by atoms with Crippen LogP contribution in [0.3, 0.4) is 0 Å². The molecule has 0 unspecified atom stereocenters. The van der Waals surface area contributed by atoms with Crippen LogP contribution < -0.4 is 16.4 Å². The van der Waals surface area contributed by atoms with Crippen molar-refractivity contribution in [3.63, 3.8) is 0 Å². The number of alkyl halides is 1. The molecule has 9 nitrogen and oxygen atoms in total. The molecule has 0 saturated heterocycles. The van der Waals surface area contributed by atoms with Gasteiger partial charge in [-0.15, -0.1) is 24.0 Å². The molecule has 0 aromatic heterocycles. The molecule has 2 amide bonds. The molecule has 0 aliphatic heterocycles. The lowest BCUT2D eigenvalue weighted by Crippen LogP contribution is -2.49. The molecule has 0 aromatic rings. The van der Waals surface area contributed by atoms with Gasteiger partial charge in [-0.25, -0.2) is 0 Å². The van der Waals surface area contributed by atoms with Gasteiger partial charge in [-0.1, -0.05) is 33.6 Å². The molecule has 0 aromatic carbocycles. The van der Waals surface area contributed by atoms with Gasteiger partial charge >= 0.3 is 0 Å². The van der Waals surface area contributed by atoms with Crippen molar-refractivity contribution < 1.29 is 28.5 Å². The van der Waals surface area contributed by atoms with Crippen LogP contribution in [0.25, 0.3) is 0 Å². The van der Waals surface area contributed by atoms with E-state index in [1.807, 2.05) is 20.8 Å². The Labute approximate surface area is 216 Å². The summed E-state index contributed by atoms with van der Waals surface area (Å²) in [4.78, 5) is 23.6. The first kappa shape index (κ1) is 35.5. The fraction of sp³-hybridized carbons (Fsp3) is 0.913. The van der Waals surface area contributed by atoms with E-state index in [1.165, 1.54) is 0 Å². The number of nitrogens with one attached hydrogen (secondary N) is 2. The number of carbonyl (C=O) groups is 2. The molecule has 0 saturated carbocycles. The van der Waals surface area contributed by atoms with E-state index in [9.17, 15) is 9.59 Å². The zero-order valence-electron chi connectivity index (χ0n) is 21.2. The normalized spacial score (nSPS) is 12.1. The second kappa shape index (κ2) is 24.0. The lowest BCUT2D eigenvalue weighted by molar-refractivity contribution is -0.124. The second-order valence-electron chi connectivity index (χ2n) is 8.79. The Balaban J connectivity index is 0. The second-order valence-corrected chi connectivity index (χ2v) is 9.17. The van der Waals surface area contributed by atoms with E-state index in [0.717, 1.165) is 38.2 Å². The van der Waals surface area contributed by atoms with Gasteiger partial charge in [0.2, 0.25) is 11.8 Å². The van der Waals surface area contributed by atoms with Crippen LogP contribution in [0.15, 0.2) is 0 Å². The van der Waals surface area contributed by atoms with Crippen molar-refractivity contribution in [2.75, 3.05) is 71.8 Å². The molecule has 0 bridgehead atoms. The molecule has 0 rings (SSSR count). The highest BCUT2D eigenvalue weighted by molar-refractivity contribution is 6.17. The van der Waals surface area contributed by atoms with Crippen molar-refractivity contribution >= 4 is 35.8 Å². The average Bonchev–Trinajstić information content (AvgIpc) is 2.77. The Morgan fingerprint density at radius 2 is 1.26 bits per heavy atom. The maximum absolute atomic E-state index is 11.9. The highest BCUT2D eigenvalue weighted by Crippen LogP contribution is 2.16. The number of carbonyl (C=O) groups excluding carboxylic acids is 2. The minimum atomic E-state index is -0.556. The van der Waals surface area contributed by atoms with Gasteiger partial charge in [0.25, 0.3) is 0 Å². The van der Waals surface area contributed by atoms with Crippen LogP contribution in [0.2, 0.25) is 0 Å². The van der Waals surface area contributed by atoms with Gasteiger partial charge in [-0.3, -0.25) is 9.59 Å². The van der Waals surface area contributed by atoms with Crippen LogP contribution in [0, 0.1) is 5.41 Å². The Morgan fingerprint density at radius 1 is 0.765 bits per heavy atom. The number of hydrogen-bond acceptors (Lipinski definition) is 7. The zero-order valence-corrected chi connectivity index (χ0v) is 22.8. The molecule has 0 aliphatic carbocycles. The molecule has 0 fully saturated rings. The minimum absolute atomic E-state index is 0. The summed E-state index contributed by atoms with van der Waals surface area (Å²) in [5.74, 6) is 0.465. The van der Waals surface area contributed by atoms with Gasteiger partial charge in [0.05, 0.1) is 52.3 Å². The van der Waals surface area contributed by atoms with Crippen molar-refractivity contribution in [2.45, 2.75) is 58.9 Å². The highest BCUT2D eigenvalue weighted by atomic mass is 35.5. The molecule has 4 N–H and O–H groups in total. The van der Waals surface area contributed by atoms with Gasteiger partial charge in [0.1, 0.15) is 0 Å². The van der Waals surface area contributed by atoms with Crippen LogP contribution in [0.1, 0.15) is 52.9 Å². The van der Waals surface area contributed by atoms with Crippen LogP contribution >= 0.6 is 24.0 Å². The quantitative estimate of drug-likeness (QED) is 0.145. The molecule has 204 valence electrons. The summed E-state index contributed by atoms with van der Waals surface area (Å²) in [6, 6.07) is -0.556. The number of rotatable bonds is 22. The number of amides is 2. The summed E-state index contributed by atoms with van der Waals surface area (Å²) in [5, 5.41) is 5.54. The predicted octanol–water partition coefficient (Wildman–Crippen LogP) is 2.27. The zero-order chi connectivity index (χ0) is 24.8. The van der Waals surface area contributed by atoms with Gasteiger partial charge < -0.3 is 35.3 Å². The van der Waals surface area contributed by atoms with E-state index in [1.54, 1.807) is 0 Å². The van der Waals surface area contributed by atoms with Crippen molar-refractivity contribution in [3.05, 3.63) is 0 Å². The van der Waals surface area contributed by atoms with E-state index in [4.69, 9.17) is 36.3 Å². The maximum atomic E-state index is 11.9. The molecule has 0 radical (unpaired) electrons. The van der Waals surface area contributed by atoms with Crippen LogP contribution in [-0.4, -0.2) is 89.7 Å². The Bertz CT molecular complexity index is 496.